The number of aliphatic hydroxyl groups is 1. The molecule has 0 bridgehead atoms. The van der Waals surface area contributed by atoms with Gasteiger partial charge in [0, 0.05) is 6.08 Å². The molecule has 21 heavy (non-hydrogen) atoms. The molecule has 0 aromatic heterocycles. The molecule has 0 aliphatic carbocycles. The average molecular weight is 296 g/mol. The van der Waals surface area contributed by atoms with Gasteiger partial charge >= 0.3 is 5.97 Å². The van der Waals surface area contributed by atoms with Crippen molar-refractivity contribution in [1.29, 1.82) is 0 Å². The smallest absolute Gasteiger partial charge is 0.328 e. The van der Waals surface area contributed by atoms with Crippen LogP contribution in [-0.4, -0.2) is 22.3 Å². The minimum absolute atomic E-state index is 0.0968. The zero-order valence-electron chi connectivity index (χ0n) is 13.5. The standard InChI is InChI=1S/C18H32O3/c1-2-3-11-14-17(19)15-12-9-7-5-4-6-8-10-13-16-18(20)21/h8,10,13,16-17,19H,2-7,9,11-12,14-15H2,1H3,(H,20,21). The van der Waals surface area contributed by atoms with Gasteiger partial charge in [0.25, 0.3) is 0 Å². The summed E-state index contributed by atoms with van der Waals surface area (Å²) in [7, 11) is 0. The summed E-state index contributed by atoms with van der Waals surface area (Å²) in [5, 5.41) is 18.2. The third-order valence-electron chi connectivity index (χ3n) is 3.54. The summed E-state index contributed by atoms with van der Waals surface area (Å²) in [6.07, 6.45) is 18.8. The molecule has 3 heteroatoms. The van der Waals surface area contributed by atoms with Gasteiger partial charge in [-0.2, -0.15) is 0 Å². The van der Waals surface area contributed by atoms with E-state index in [0.29, 0.717) is 0 Å². The molecule has 0 aliphatic heterocycles. The molecule has 0 aromatic carbocycles. The number of aliphatic hydroxyl groups excluding tert-OH is 1. The largest absolute Gasteiger partial charge is 0.478 e. The van der Waals surface area contributed by atoms with E-state index in [1.165, 1.54) is 32.1 Å². The summed E-state index contributed by atoms with van der Waals surface area (Å²) >= 11 is 0. The van der Waals surface area contributed by atoms with Crippen LogP contribution in [-0.2, 0) is 4.79 Å². The molecular formula is C18H32O3. The first-order valence-corrected chi connectivity index (χ1v) is 8.41. The molecule has 0 aliphatic rings. The molecule has 0 rings (SSSR count). The highest BCUT2D eigenvalue weighted by Gasteiger charge is 2.02. The number of carbonyl (C=O) groups is 1. The van der Waals surface area contributed by atoms with Crippen LogP contribution in [0.2, 0.25) is 0 Å². The SMILES string of the molecule is CCCCCC(O)CCCCCCCC=CC=CC(=O)O. The molecule has 0 spiro atoms. The lowest BCUT2D eigenvalue weighted by Gasteiger charge is -2.09. The molecule has 0 heterocycles. The number of hydrogen-bond donors (Lipinski definition) is 2. The second kappa shape index (κ2) is 15.3. The fraction of sp³-hybridized carbons (Fsp3) is 0.722. The first kappa shape index (κ1) is 19.9. The van der Waals surface area contributed by atoms with E-state index in [9.17, 15) is 9.90 Å². The van der Waals surface area contributed by atoms with Crippen molar-refractivity contribution in [2.24, 2.45) is 0 Å². The van der Waals surface area contributed by atoms with E-state index < -0.39 is 5.97 Å². The summed E-state index contributed by atoms with van der Waals surface area (Å²) in [5.41, 5.74) is 0. The molecule has 0 amide bonds. The summed E-state index contributed by atoms with van der Waals surface area (Å²) < 4.78 is 0. The van der Waals surface area contributed by atoms with Crippen LogP contribution in [0.15, 0.2) is 24.3 Å². The van der Waals surface area contributed by atoms with Crippen LogP contribution >= 0.6 is 0 Å². The highest BCUT2D eigenvalue weighted by atomic mass is 16.4. The summed E-state index contributed by atoms with van der Waals surface area (Å²) in [6, 6.07) is 0. The Bertz CT molecular complexity index is 295. The molecule has 1 atom stereocenters. The predicted octanol–water partition coefficient (Wildman–Crippen LogP) is 4.86. The Morgan fingerprint density at radius 1 is 0.952 bits per heavy atom. The van der Waals surface area contributed by atoms with Gasteiger partial charge in [-0.15, -0.1) is 0 Å². The van der Waals surface area contributed by atoms with Gasteiger partial charge in [-0.05, 0) is 25.7 Å². The lowest BCUT2D eigenvalue weighted by atomic mass is 10.0. The number of aliphatic carboxylic acids is 1. The minimum Gasteiger partial charge on any atom is -0.478 e. The Hall–Kier alpha value is -1.09. The van der Waals surface area contributed by atoms with E-state index in [4.69, 9.17) is 5.11 Å². The van der Waals surface area contributed by atoms with E-state index >= 15 is 0 Å². The third-order valence-corrected chi connectivity index (χ3v) is 3.54. The average Bonchev–Trinajstić information content (AvgIpc) is 2.44. The van der Waals surface area contributed by atoms with Crippen molar-refractivity contribution in [3.8, 4) is 0 Å². The fourth-order valence-corrected chi connectivity index (χ4v) is 2.26. The first-order chi connectivity index (χ1) is 10.2. The fourth-order valence-electron chi connectivity index (χ4n) is 2.26. The van der Waals surface area contributed by atoms with Crippen LogP contribution in [0, 0.1) is 0 Å². The van der Waals surface area contributed by atoms with E-state index in [2.05, 4.69) is 6.92 Å². The van der Waals surface area contributed by atoms with Crippen LogP contribution in [0.5, 0.6) is 0 Å². The molecule has 0 saturated heterocycles. The minimum atomic E-state index is -0.906. The number of carboxylic acid groups (broad SMARTS) is 1. The molecule has 0 radical (unpaired) electrons. The zero-order valence-corrected chi connectivity index (χ0v) is 13.5. The molecule has 0 saturated carbocycles. The maximum absolute atomic E-state index is 10.2. The highest BCUT2D eigenvalue weighted by Crippen LogP contribution is 2.12. The Labute approximate surface area is 129 Å². The molecule has 0 fully saturated rings. The Morgan fingerprint density at radius 2 is 1.57 bits per heavy atom. The van der Waals surface area contributed by atoms with Crippen LogP contribution in [0.1, 0.15) is 77.6 Å². The van der Waals surface area contributed by atoms with E-state index in [1.54, 1.807) is 12.2 Å². The van der Waals surface area contributed by atoms with Crippen LogP contribution in [0.3, 0.4) is 0 Å². The third kappa shape index (κ3) is 16.9. The maximum atomic E-state index is 10.2. The van der Waals surface area contributed by atoms with Gasteiger partial charge in [0.15, 0.2) is 0 Å². The molecule has 122 valence electrons. The van der Waals surface area contributed by atoms with E-state index in [-0.39, 0.29) is 6.10 Å². The van der Waals surface area contributed by atoms with Crippen molar-refractivity contribution >= 4 is 5.97 Å². The van der Waals surface area contributed by atoms with Crippen LogP contribution in [0.4, 0.5) is 0 Å². The number of hydrogen-bond acceptors (Lipinski definition) is 2. The van der Waals surface area contributed by atoms with Crippen molar-refractivity contribution in [2.45, 2.75) is 83.7 Å². The molecule has 3 nitrogen and oxygen atoms in total. The zero-order chi connectivity index (χ0) is 15.8. The van der Waals surface area contributed by atoms with E-state index in [1.807, 2.05) is 6.08 Å². The molecule has 2 N–H and O–H groups in total. The van der Waals surface area contributed by atoms with Gasteiger partial charge in [-0.3, -0.25) is 0 Å². The van der Waals surface area contributed by atoms with Gasteiger partial charge in [-0.1, -0.05) is 70.1 Å². The summed E-state index contributed by atoms with van der Waals surface area (Å²) in [4.78, 5) is 10.2. The second-order valence-corrected chi connectivity index (χ2v) is 5.62. The predicted molar refractivity (Wildman–Crippen MR) is 88.4 cm³/mol. The van der Waals surface area contributed by atoms with Gasteiger partial charge < -0.3 is 10.2 Å². The molecule has 1 unspecified atom stereocenters. The number of unbranched alkanes of at least 4 members (excludes halogenated alkanes) is 7. The molecular weight excluding hydrogens is 264 g/mol. The first-order valence-electron chi connectivity index (χ1n) is 8.41. The normalized spacial score (nSPS) is 13.2. The van der Waals surface area contributed by atoms with Gasteiger partial charge in [0.2, 0.25) is 0 Å². The van der Waals surface area contributed by atoms with Crippen molar-refractivity contribution < 1.29 is 15.0 Å². The van der Waals surface area contributed by atoms with Crippen molar-refractivity contribution in [2.75, 3.05) is 0 Å². The van der Waals surface area contributed by atoms with Gasteiger partial charge in [-0.25, -0.2) is 4.79 Å². The lowest BCUT2D eigenvalue weighted by molar-refractivity contribution is -0.131. The lowest BCUT2D eigenvalue weighted by Crippen LogP contribution is -2.05. The monoisotopic (exact) mass is 296 g/mol. The van der Waals surface area contributed by atoms with Crippen LogP contribution < -0.4 is 0 Å². The van der Waals surface area contributed by atoms with Gasteiger partial charge in [0.05, 0.1) is 6.10 Å². The number of carboxylic acids is 1. The van der Waals surface area contributed by atoms with Crippen molar-refractivity contribution in [3.05, 3.63) is 24.3 Å². The highest BCUT2D eigenvalue weighted by molar-refractivity contribution is 5.80. The second-order valence-electron chi connectivity index (χ2n) is 5.62. The van der Waals surface area contributed by atoms with E-state index in [0.717, 1.165) is 44.6 Å². The van der Waals surface area contributed by atoms with Crippen LogP contribution in [0.25, 0.3) is 0 Å². The summed E-state index contributed by atoms with van der Waals surface area (Å²) in [6.45, 7) is 2.18. The number of rotatable bonds is 14. The maximum Gasteiger partial charge on any atom is 0.328 e. The van der Waals surface area contributed by atoms with Crippen molar-refractivity contribution in [1.82, 2.24) is 0 Å². The quantitative estimate of drug-likeness (QED) is 0.273. The Morgan fingerprint density at radius 3 is 2.24 bits per heavy atom. The Kier molecular flexibility index (Phi) is 14.5. The van der Waals surface area contributed by atoms with Gasteiger partial charge in [0.1, 0.15) is 0 Å². The Balaban J connectivity index is 3.27. The summed E-state index contributed by atoms with van der Waals surface area (Å²) in [5.74, 6) is -0.906. The topological polar surface area (TPSA) is 57.5 Å². The van der Waals surface area contributed by atoms with Crippen molar-refractivity contribution in [3.63, 3.8) is 0 Å². The molecule has 0 aromatic rings. The number of allylic oxidation sites excluding steroid dienone is 3.